The molecule has 1 amide bonds. The van der Waals surface area contributed by atoms with E-state index < -0.39 is 17.7 Å². The molecule has 1 aromatic carbocycles. The Morgan fingerprint density at radius 3 is 2.89 bits per heavy atom. The van der Waals surface area contributed by atoms with Crippen LogP contribution in [0.3, 0.4) is 0 Å². The van der Waals surface area contributed by atoms with Crippen molar-refractivity contribution in [3.8, 4) is 0 Å². The Labute approximate surface area is 109 Å². The number of nitrogens with one attached hydrogen (secondary N) is 2. The van der Waals surface area contributed by atoms with E-state index in [1.165, 1.54) is 6.07 Å². The van der Waals surface area contributed by atoms with E-state index in [4.69, 9.17) is 0 Å². The zero-order valence-corrected chi connectivity index (χ0v) is 10.3. The maximum atomic E-state index is 13.4. The molecule has 104 valence electrons. The number of benzene rings is 1. The fraction of sp³-hybridized carbons (Fsp3) is 0.462. The highest BCUT2D eigenvalue weighted by atomic mass is 19.1. The van der Waals surface area contributed by atoms with Crippen molar-refractivity contribution >= 4 is 5.91 Å². The van der Waals surface area contributed by atoms with Gasteiger partial charge in [-0.25, -0.2) is 8.78 Å². The van der Waals surface area contributed by atoms with Crippen molar-refractivity contribution in [2.75, 3.05) is 13.1 Å². The number of amides is 1. The van der Waals surface area contributed by atoms with Crippen molar-refractivity contribution in [1.82, 2.24) is 10.6 Å². The van der Waals surface area contributed by atoms with Crippen LogP contribution in [0.15, 0.2) is 18.2 Å². The van der Waals surface area contributed by atoms with Gasteiger partial charge in [0.15, 0.2) is 0 Å². The smallest absolute Gasteiger partial charge is 0.220 e. The van der Waals surface area contributed by atoms with Crippen LogP contribution >= 0.6 is 0 Å². The van der Waals surface area contributed by atoms with Gasteiger partial charge in [0.05, 0.1) is 6.10 Å². The first-order valence-corrected chi connectivity index (χ1v) is 6.19. The summed E-state index contributed by atoms with van der Waals surface area (Å²) in [5.41, 5.74) is 0.0596. The number of hydrogen-bond acceptors (Lipinski definition) is 3. The first-order chi connectivity index (χ1) is 9.06. The quantitative estimate of drug-likeness (QED) is 0.744. The summed E-state index contributed by atoms with van der Waals surface area (Å²) < 4.78 is 26.1. The van der Waals surface area contributed by atoms with Gasteiger partial charge in [-0.15, -0.1) is 0 Å². The summed E-state index contributed by atoms with van der Waals surface area (Å²) in [6.45, 7) is 0.667. The molecule has 19 heavy (non-hydrogen) atoms. The summed E-state index contributed by atoms with van der Waals surface area (Å²) in [4.78, 5) is 11.0. The Morgan fingerprint density at radius 1 is 1.47 bits per heavy atom. The van der Waals surface area contributed by atoms with Crippen molar-refractivity contribution in [3.63, 3.8) is 0 Å². The van der Waals surface area contributed by atoms with Crippen LogP contribution in [0.4, 0.5) is 8.78 Å². The maximum Gasteiger partial charge on any atom is 0.220 e. The molecule has 0 radical (unpaired) electrons. The average molecular weight is 270 g/mol. The van der Waals surface area contributed by atoms with E-state index in [0.29, 0.717) is 13.0 Å². The molecule has 0 aromatic heterocycles. The molecule has 0 spiro atoms. The minimum atomic E-state index is -1.04. The largest absolute Gasteiger partial charge is 0.387 e. The molecule has 1 aromatic rings. The first kappa shape index (κ1) is 13.9. The molecule has 3 N–H and O–H groups in total. The standard InChI is InChI=1S/C13H16F2N2O2/c14-8-1-3-10(11(15)5-8)12(18)7-16-6-9-2-4-13(19)17-9/h1,3,5,9,12,16,18H,2,4,6-7H2,(H,17,19). The lowest BCUT2D eigenvalue weighted by molar-refractivity contribution is -0.119. The predicted molar refractivity (Wildman–Crippen MR) is 65.4 cm³/mol. The van der Waals surface area contributed by atoms with Crippen LogP contribution in [-0.2, 0) is 4.79 Å². The van der Waals surface area contributed by atoms with E-state index in [-0.39, 0.29) is 24.1 Å². The van der Waals surface area contributed by atoms with Crippen LogP contribution < -0.4 is 10.6 Å². The summed E-state index contributed by atoms with van der Waals surface area (Å²) in [7, 11) is 0. The van der Waals surface area contributed by atoms with Crippen molar-refractivity contribution in [2.24, 2.45) is 0 Å². The number of aliphatic hydroxyl groups is 1. The van der Waals surface area contributed by atoms with Crippen molar-refractivity contribution in [1.29, 1.82) is 0 Å². The van der Waals surface area contributed by atoms with E-state index in [1.54, 1.807) is 0 Å². The zero-order chi connectivity index (χ0) is 13.8. The van der Waals surface area contributed by atoms with E-state index in [1.807, 2.05) is 0 Å². The van der Waals surface area contributed by atoms with Gasteiger partial charge < -0.3 is 15.7 Å². The molecule has 2 atom stereocenters. The van der Waals surface area contributed by atoms with Crippen molar-refractivity contribution in [2.45, 2.75) is 25.0 Å². The molecule has 2 unspecified atom stereocenters. The zero-order valence-electron chi connectivity index (χ0n) is 10.3. The van der Waals surface area contributed by atoms with E-state index in [2.05, 4.69) is 10.6 Å². The van der Waals surface area contributed by atoms with Gasteiger partial charge in [-0.3, -0.25) is 4.79 Å². The van der Waals surface area contributed by atoms with Crippen molar-refractivity contribution in [3.05, 3.63) is 35.4 Å². The van der Waals surface area contributed by atoms with Gasteiger partial charge in [-0.1, -0.05) is 6.07 Å². The summed E-state index contributed by atoms with van der Waals surface area (Å²) >= 11 is 0. The number of halogens is 2. The first-order valence-electron chi connectivity index (χ1n) is 6.19. The lowest BCUT2D eigenvalue weighted by Gasteiger charge is -2.15. The van der Waals surface area contributed by atoms with Crippen LogP contribution in [-0.4, -0.2) is 30.1 Å². The summed E-state index contributed by atoms with van der Waals surface area (Å²) in [5.74, 6) is -1.41. The van der Waals surface area contributed by atoms with Crippen LogP contribution in [0.25, 0.3) is 0 Å². The van der Waals surface area contributed by atoms with E-state index >= 15 is 0 Å². The SMILES string of the molecule is O=C1CCC(CNCC(O)c2ccc(F)cc2F)N1. The van der Waals surface area contributed by atoms with Crippen molar-refractivity contribution < 1.29 is 18.7 Å². The molecule has 4 nitrogen and oxygen atoms in total. The van der Waals surface area contributed by atoms with Gasteiger partial charge in [0.2, 0.25) is 5.91 Å². The molecule has 1 fully saturated rings. The number of aliphatic hydroxyl groups excluding tert-OH is 1. The highest BCUT2D eigenvalue weighted by Crippen LogP contribution is 2.17. The molecule has 0 bridgehead atoms. The van der Waals surface area contributed by atoms with Gasteiger partial charge in [0.25, 0.3) is 0 Å². The number of rotatable bonds is 5. The number of carbonyl (C=O) groups is 1. The highest BCUT2D eigenvalue weighted by molar-refractivity contribution is 5.78. The topological polar surface area (TPSA) is 61.4 Å². The molecule has 1 aliphatic heterocycles. The Balaban J connectivity index is 1.80. The van der Waals surface area contributed by atoms with Crippen LogP contribution in [0, 0.1) is 11.6 Å². The maximum absolute atomic E-state index is 13.4. The Bertz CT molecular complexity index is 468. The fourth-order valence-corrected chi connectivity index (χ4v) is 2.11. The Morgan fingerprint density at radius 2 is 2.26 bits per heavy atom. The Kier molecular flexibility index (Phi) is 4.44. The van der Waals surface area contributed by atoms with Gasteiger partial charge in [-0.2, -0.15) is 0 Å². The predicted octanol–water partition coefficient (Wildman–Crippen LogP) is 0.866. The lowest BCUT2D eigenvalue weighted by Crippen LogP contribution is -2.37. The van der Waals surface area contributed by atoms with Crippen LogP contribution in [0.1, 0.15) is 24.5 Å². The third-order valence-corrected chi connectivity index (χ3v) is 3.13. The third-order valence-electron chi connectivity index (χ3n) is 3.13. The average Bonchev–Trinajstić information content (AvgIpc) is 2.75. The summed E-state index contributed by atoms with van der Waals surface area (Å²) in [6.07, 6.45) is 0.228. The molecule has 0 aliphatic carbocycles. The minimum Gasteiger partial charge on any atom is -0.387 e. The number of hydrogen-bond donors (Lipinski definition) is 3. The molecule has 0 saturated carbocycles. The number of carbonyl (C=O) groups excluding carboxylic acids is 1. The van der Waals surface area contributed by atoms with Gasteiger partial charge in [0, 0.05) is 37.2 Å². The Hall–Kier alpha value is -1.53. The molecular weight excluding hydrogens is 254 g/mol. The lowest BCUT2D eigenvalue weighted by atomic mass is 10.1. The molecule has 1 heterocycles. The molecule has 6 heteroatoms. The second kappa shape index (κ2) is 6.08. The molecule has 1 saturated heterocycles. The third kappa shape index (κ3) is 3.71. The van der Waals surface area contributed by atoms with E-state index in [9.17, 15) is 18.7 Å². The fourth-order valence-electron chi connectivity index (χ4n) is 2.11. The normalized spacial score (nSPS) is 20.4. The minimum absolute atomic E-state index is 0.0249. The highest BCUT2D eigenvalue weighted by Gasteiger charge is 2.20. The molecule has 1 aliphatic rings. The van der Waals surface area contributed by atoms with Crippen LogP contribution in [0.2, 0.25) is 0 Å². The monoisotopic (exact) mass is 270 g/mol. The van der Waals surface area contributed by atoms with Gasteiger partial charge in [0.1, 0.15) is 11.6 Å². The summed E-state index contributed by atoms with van der Waals surface area (Å²) in [6, 6.07) is 3.14. The van der Waals surface area contributed by atoms with E-state index in [0.717, 1.165) is 18.6 Å². The molecule has 2 rings (SSSR count). The van der Waals surface area contributed by atoms with Crippen LogP contribution in [0.5, 0.6) is 0 Å². The second-order valence-corrected chi connectivity index (χ2v) is 4.64. The van der Waals surface area contributed by atoms with Gasteiger partial charge >= 0.3 is 0 Å². The second-order valence-electron chi connectivity index (χ2n) is 4.64. The van der Waals surface area contributed by atoms with Gasteiger partial charge in [-0.05, 0) is 12.5 Å². The summed E-state index contributed by atoms with van der Waals surface area (Å²) in [5, 5.41) is 15.5. The molecular formula is C13H16F2N2O2.